The lowest BCUT2D eigenvalue weighted by molar-refractivity contribution is -0.140. The summed E-state index contributed by atoms with van der Waals surface area (Å²) in [6.07, 6.45) is -4.92. The van der Waals surface area contributed by atoms with Crippen LogP contribution in [0.25, 0.3) is 0 Å². The molecular formula is C8H2Cl2F4O. The number of carbonyl (C=O) groups is 1. The number of halogens is 6. The lowest BCUT2D eigenvalue weighted by Crippen LogP contribution is -2.11. The molecule has 0 fully saturated rings. The van der Waals surface area contributed by atoms with Gasteiger partial charge in [-0.1, -0.05) is 11.6 Å². The van der Waals surface area contributed by atoms with Crippen molar-refractivity contribution in [1.29, 1.82) is 0 Å². The summed E-state index contributed by atoms with van der Waals surface area (Å²) in [5.74, 6) is -1.72. The summed E-state index contributed by atoms with van der Waals surface area (Å²) in [7, 11) is 0. The number of hydrogen-bond acceptors (Lipinski definition) is 1. The second-order valence-electron chi connectivity index (χ2n) is 2.59. The first-order valence-electron chi connectivity index (χ1n) is 3.49. The Balaban J connectivity index is 3.49. The van der Waals surface area contributed by atoms with Gasteiger partial charge in [-0.25, -0.2) is 4.39 Å². The molecular weight excluding hydrogens is 259 g/mol. The molecule has 1 rings (SSSR count). The van der Waals surface area contributed by atoms with Crippen molar-refractivity contribution in [3.63, 3.8) is 0 Å². The van der Waals surface area contributed by atoms with Gasteiger partial charge in [0, 0.05) is 5.02 Å². The SMILES string of the molecule is O=C(Cl)c1cc(Cl)cc(C(F)(F)F)c1F. The first-order valence-corrected chi connectivity index (χ1v) is 4.25. The van der Waals surface area contributed by atoms with E-state index < -0.39 is 33.4 Å². The second-order valence-corrected chi connectivity index (χ2v) is 3.37. The molecule has 1 nitrogen and oxygen atoms in total. The highest BCUT2D eigenvalue weighted by Gasteiger charge is 2.36. The van der Waals surface area contributed by atoms with Crippen molar-refractivity contribution in [3.05, 3.63) is 34.1 Å². The molecule has 0 unspecified atom stereocenters. The van der Waals surface area contributed by atoms with Crippen molar-refractivity contribution in [1.82, 2.24) is 0 Å². The number of alkyl halides is 3. The van der Waals surface area contributed by atoms with Crippen LogP contribution in [0.3, 0.4) is 0 Å². The number of benzene rings is 1. The van der Waals surface area contributed by atoms with Crippen molar-refractivity contribution < 1.29 is 22.4 Å². The van der Waals surface area contributed by atoms with E-state index in [0.717, 1.165) is 6.07 Å². The molecule has 0 atom stereocenters. The summed E-state index contributed by atoms with van der Waals surface area (Å²) in [5.41, 5.74) is -2.50. The van der Waals surface area contributed by atoms with E-state index in [2.05, 4.69) is 0 Å². The van der Waals surface area contributed by atoms with Gasteiger partial charge in [-0.3, -0.25) is 4.79 Å². The Kier molecular flexibility index (Phi) is 3.25. The Morgan fingerprint density at radius 2 is 1.80 bits per heavy atom. The van der Waals surface area contributed by atoms with E-state index >= 15 is 0 Å². The minimum absolute atomic E-state index is 0.389. The van der Waals surface area contributed by atoms with Gasteiger partial charge < -0.3 is 0 Å². The molecule has 1 aromatic rings. The van der Waals surface area contributed by atoms with E-state index in [9.17, 15) is 22.4 Å². The third-order valence-electron chi connectivity index (χ3n) is 1.55. The van der Waals surface area contributed by atoms with Crippen molar-refractivity contribution in [2.75, 3.05) is 0 Å². The molecule has 0 aromatic heterocycles. The van der Waals surface area contributed by atoms with Crippen molar-refractivity contribution in [2.45, 2.75) is 6.18 Å². The van der Waals surface area contributed by atoms with Gasteiger partial charge in [-0.05, 0) is 23.7 Å². The molecule has 82 valence electrons. The fourth-order valence-corrected chi connectivity index (χ4v) is 1.29. The maximum atomic E-state index is 13.1. The van der Waals surface area contributed by atoms with E-state index in [-0.39, 0.29) is 0 Å². The molecule has 0 saturated carbocycles. The summed E-state index contributed by atoms with van der Waals surface area (Å²) < 4.78 is 49.8. The molecule has 0 aliphatic rings. The van der Waals surface area contributed by atoms with Gasteiger partial charge in [0.05, 0.1) is 11.1 Å². The molecule has 0 aliphatic heterocycles. The summed E-state index contributed by atoms with van der Waals surface area (Å²) in [6.45, 7) is 0. The third kappa shape index (κ3) is 2.60. The average molecular weight is 261 g/mol. The predicted octanol–water partition coefficient (Wildman–Crippen LogP) is 3.88. The van der Waals surface area contributed by atoms with E-state index in [1.54, 1.807) is 0 Å². The average Bonchev–Trinajstić information content (AvgIpc) is 2.06. The maximum absolute atomic E-state index is 13.1. The van der Waals surface area contributed by atoms with Gasteiger partial charge in [0.2, 0.25) is 0 Å². The topological polar surface area (TPSA) is 17.1 Å². The molecule has 0 saturated heterocycles. The van der Waals surface area contributed by atoms with Crippen molar-refractivity contribution in [3.8, 4) is 0 Å². The van der Waals surface area contributed by atoms with Crippen molar-refractivity contribution >= 4 is 28.4 Å². The summed E-state index contributed by atoms with van der Waals surface area (Å²) >= 11 is 10.2. The maximum Gasteiger partial charge on any atom is 0.419 e. The fraction of sp³-hybridized carbons (Fsp3) is 0.125. The molecule has 0 amide bonds. The smallest absolute Gasteiger partial charge is 0.275 e. The third-order valence-corrected chi connectivity index (χ3v) is 1.98. The Labute approximate surface area is 91.6 Å². The molecule has 0 aliphatic carbocycles. The summed E-state index contributed by atoms with van der Waals surface area (Å²) in [4.78, 5) is 10.6. The van der Waals surface area contributed by atoms with Crippen LogP contribution in [0.5, 0.6) is 0 Å². The van der Waals surface area contributed by atoms with Crippen LogP contribution in [-0.4, -0.2) is 5.24 Å². The first-order chi connectivity index (χ1) is 6.73. The highest BCUT2D eigenvalue weighted by atomic mass is 35.5. The van der Waals surface area contributed by atoms with Crippen LogP contribution in [0, 0.1) is 5.82 Å². The minimum Gasteiger partial charge on any atom is -0.275 e. The molecule has 7 heteroatoms. The van der Waals surface area contributed by atoms with Gasteiger partial charge in [-0.15, -0.1) is 0 Å². The fourth-order valence-electron chi connectivity index (χ4n) is 0.939. The lowest BCUT2D eigenvalue weighted by Gasteiger charge is -2.10. The summed E-state index contributed by atoms with van der Waals surface area (Å²) in [6, 6.07) is 1.13. The Morgan fingerprint density at radius 1 is 1.27 bits per heavy atom. The molecule has 0 bridgehead atoms. The first kappa shape index (κ1) is 12.3. The van der Waals surface area contributed by atoms with Crippen LogP contribution in [0.1, 0.15) is 15.9 Å². The Hall–Kier alpha value is -0.810. The Bertz CT molecular complexity index is 414. The van der Waals surface area contributed by atoms with Gasteiger partial charge in [0.25, 0.3) is 5.24 Å². The lowest BCUT2D eigenvalue weighted by atomic mass is 10.1. The van der Waals surface area contributed by atoms with Crippen LogP contribution in [0.4, 0.5) is 17.6 Å². The van der Waals surface area contributed by atoms with Crippen molar-refractivity contribution in [2.24, 2.45) is 0 Å². The second kappa shape index (κ2) is 3.98. The number of carbonyl (C=O) groups excluding carboxylic acids is 1. The van der Waals surface area contributed by atoms with Gasteiger partial charge in [0.15, 0.2) is 0 Å². The van der Waals surface area contributed by atoms with Crippen LogP contribution >= 0.6 is 23.2 Å². The largest absolute Gasteiger partial charge is 0.419 e. The predicted molar refractivity (Wildman–Crippen MR) is 46.6 cm³/mol. The highest BCUT2D eigenvalue weighted by molar-refractivity contribution is 6.67. The normalized spacial score (nSPS) is 11.6. The molecule has 0 spiro atoms. The van der Waals surface area contributed by atoms with Crippen LogP contribution < -0.4 is 0 Å². The zero-order valence-corrected chi connectivity index (χ0v) is 8.34. The van der Waals surface area contributed by atoms with Gasteiger partial charge in [-0.2, -0.15) is 13.2 Å². The standard InChI is InChI=1S/C8H2Cl2F4O/c9-3-1-4(7(10)15)6(11)5(2-3)8(12,13)14/h1-2H. The Morgan fingerprint density at radius 3 is 2.20 bits per heavy atom. The molecule has 0 heterocycles. The summed E-state index contributed by atoms with van der Waals surface area (Å²) in [5, 5.41) is -1.74. The molecule has 0 radical (unpaired) electrons. The van der Waals surface area contributed by atoms with Crippen LogP contribution in [0.2, 0.25) is 5.02 Å². The molecule has 15 heavy (non-hydrogen) atoms. The van der Waals surface area contributed by atoms with Crippen LogP contribution in [-0.2, 0) is 6.18 Å². The van der Waals surface area contributed by atoms with E-state index in [1.807, 2.05) is 0 Å². The minimum atomic E-state index is -4.92. The molecule has 1 aromatic carbocycles. The van der Waals surface area contributed by atoms with E-state index in [1.165, 1.54) is 0 Å². The van der Waals surface area contributed by atoms with Crippen LogP contribution in [0.15, 0.2) is 12.1 Å². The highest BCUT2D eigenvalue weighted by Crippen LogP contribution is 2.34. The number of rotatable bonds is 1. The van der Waals surface area contributed by atoms with Gasteiger partial charge in [0.1, 0.15) is 5.82 Å². The van der Waals surface area contributed by atoms with E-state index in [0.29, 0.717) is 6.07 Å². The quantitative estimate of drug-likeness (QED) is 0.553. The zero-order valence-electron chi connectivity index (χ0n) is 6.83. The van der Waals surface area contributed by atoms with Gasteiger partial charge >= 0.3 is 6.18 Å². The van der Waals surface area contributed by atoms with E-state index in [4.69, 9.17) is 23.2 Å². The zero-order chi connectivity index (χ0) is 11.8. The monoisotopic (exact) mass is 260 g/mol. The molecule has 0 N–H and O–H groups in total. The number of hydrogen-bond donors (Lipinski definition) is 0.